The lowest BCUT2D eigenvalue weighted by molar-refractivity contribution is -0.116. The Labute approximate surface area is 126 Å². The van der Waals surface area contributed by atoms with Gasteiger partial charge in [0, 0.05) is 29.2 Å². The van der Waals surface area contributed by atoms with E-state index < -0.39 is 0 Å². The Morgan fingerprint density at radius 3 is 2.85 bits per heavy atom. The molecule has 20 heavy (non-hydrogen) atoms. The highest BCUT2D eigenvalue weighted by Gasteiger charge is 2.37. The van der Waals surface area contributed by atoms with Crippen LogP contribution in [0, 0.1) is 0 Å². The van der Waals surface area contributed by atoms with E-state index in [1.54, 1.807) is 11.9 Å². The molecule has 0 saturated heterocycles. The molecule has 1 aromatic rings. The molecule has 0 fully saturated rings. The Bertz CT molecular complexity index is 624. The minimum absolute atomic E-state index is 0.142. The summed E-state index contributed by atoms with van der Waals surface area (Å²) < 4.78 is 0.939. The van der Waals surface area contributed by atoms with Crippen LogP contribution in [0.4, 0.5) is 4.79 Å². The normalized spacial score (nSPS) is 22.7. The first kappa shape index (κ1) is 13.4. The largest absolute Gasteiger partial charge is 0.327 e. The second kappa shape index (κ2) is 5.05. The number of nitrogens with zero attached hydrogens (tertiary/aromatic N) is 1. The number of urea groups is 1. The van der Waals surface area contributed by atoms with Crippen LogP contribution in [0.3, 0.4) is 0 Å². The molecule has 0 spiro atoms. The Hall–Kier alpha value is -1.62. The molecule has 1 N–H and O–H groups in total. The van der Waals surface area contributed by atoms with Crippen molar-refractivity contribution in [3.05, 3.63) is 45.6 Å². The highest BCUT2D eigenvalue weighted by atomic mass is 79.9. The topological polar surface area (TPSA) is 49.4 Å². The van der Waals surface area contributed by atoms with Crippen LogP contribution in [-0.4, -0.2) is 23.8 Å². The zero-order valence-electron chi connectivity index (χ0n) is 11.1. The number of ketones is 1. The first-order valence-electron chi connectivity index (χ1n) is 6.64. The highest BCUT2D eigenvalue weighted by molar-refractivity contribution is 9.10. The molecule has 1 aliphatic carbocycles. The summed E-state index contributed by atoms with van der Waals surface area (Å²) in [4.78, 5) is 26.0. The minimum Gasteiger partial charge on any atom is -0.327 e. The molecule has 0 saturated carbocycles. The van der Waals surface area contributed by atoms with Crippen molar-refractivity contribution in [2.24, 2.45) is 0 Å². The van der Waals surface area contributed by atoms with Gasteiger partial charge in [0.05, 0.1) is 6.04 Å². The molecule has 5 heteroatoms. The molecule has 1 heterocycles. The summed E-state index contributed by atoms with van der Waals surface area (Å²) in [6, 6.07) is 7.24. The summed E-state index contributed by atoms with van der Waals surface area (Å²) in [5, 5.41) is 2.93. The van der Waals surface area contributed by atoms with Gasteiger partial charge in [-0.3, -0.25) is 4.79 Å². The van der Waals surface area contributed by atoms with Crippen LogP contribution < -0.4 is 5.32 Å². The van der Waals surface area contributed by atoms with Crippen molar-refractivity contribution in [1.29, 1.82) is 0 Å². The van der Waals surface area contributed by atoms with Crippen molar-refractivity contribution in [3.8, 4) is 0 Å². The number of nitrogens with one attached hydrogen (secondary N) is 1. The number of allylic oxidation sites excluding steroid dienone is 1. The maximum atomic E-state index is 12.3. The molecule has 2 amide bonds. The number of Topliss-reactive ketones (excluding diaryl/α,β-unsaturated/α-hetero) is 1. The fraction of sp³-hybridized carbons (Fsp3) is 0.333. The summed E-state index contributed by atoms with van der Waals surface area (Å²) in [6.07, 6.45) is 2.17. The van der Waals surface area contributed by atoms with E-state index in [0.717, 1.165) is 34.1 Å². The van der Waals surface area contributed by atoms with Gasteiger partial charge in [-0.2, -0.15) is 0 Å². The van der Waals surface area contributed by atoms with Crippen molar-refractivity contribution in [1.82, 2.24) is 10.2 Å². The lowest BCUT2D eigenvalue weighted by atomic mass is 9.85. The molecule has 1 atom stereocenters. The number of hydrogen-bond acceptors (Lipinski definition) is 2. The number of halogens is 1. The number of amides is 2. The van der Waals surface area contributed by atoms with Crippen LogP contribution in [0.2, 0.25) is 0 Å². The van der Waals surface area contributed by atoms with Crippen molar-refractivity contribution < 1.29 is 9.59 Å². The third kappa shape index (κ3) is 2.16. The van der Waals surface area contributed by atoms with Crippen LogP contribution >= 0.6 is 15.9 Å². The lowest BCUT2D eigenvalue weighted by Crippen LogP contribution is -2.47. The van der Waals surface area contributed by atoms with E-state index in [1.807, 2.05) is 24.3 Å². The number of benzene rings is 1. The average molecular weight is 335 g/mol. The van der Waals surface area contributed by atoms with Crippen molar-refractivity contribution in [2.45, 2.75) is 25.3 Å². The van der Waals surface area contributed by atoms with E-state index in [0.29, 0.717) is 6.42 Å². The molecule has 2 aliphatic rings. The Morgan fingerprint density at radius 2 is 2.10 bits per heavy atom. The first-order valence-corrected chi connectivity index (χ1v) is 7.43. The van der Waals surface area contributed by atoms with Gasteiger partial charge in [0.15, 0.2) is 5.78 Å². The summed E-state index contributed by atoms with van der Waals surface area (Å²) in [6.45, 7) is 0. The molecular weight excluding hydrogens is 320 g/mol. The van der Waals surface area contributed by atoms with E-state index in [1.165, 1.54) is 0 Å². The van der Waals surface area contributed by atoms with E-state index in [4.69, 9.17) is 0 Å². The van der Waals surface area contributed by atoms with Gasteiger partial charge in [-0.1, -0.05) is 28.1 Å². The maximum Gasteiger partial charge on any atom is 0.322 e. The Balaban J connectivity index is 2.12. The van der Waals surface area contributed by atoms with E-state index in [-0.39, 0.29) is 17.9 Å². The minimum atomic E-state index is -0.334. The summed E-state index contributed by atoms with van der Waals surface area (Å²) in [7, 11) is 1.72. The van der Waals surface area contributed by atoms with Gasteiger partial charge < -0.3 is 10.2 Å². The average Bonchev–Trinajstić information content (AvgIpc) is 2.43. The molecule has 0 unspecified atom stereocenters. The maximum absolute atomic E-state index is 12.3. The predicted molar refractivity (Wildman–Crippen MR) is 79.1 cm³/mol. The van der Waals surface area contributed by atoms with E-state index in [2.05, 4.69) is 21.2 Å². The van der Waals surface area contributed by atoms with Gasteiger partial charge >= 0.3 is 6.03 Å². The molecule has 0 aromatic heterocycles. The quantitative estimate of drug-likeness (QED) is 0.857. The third-order valence-electron chi connectivity index (χ3n) is 3.88. The fourth-order valence-electron chi connectivity index (χ4n) is 2.87. The molecule has 4 nitrogen and oxygen atoms in total. The second-order valence-corrected chi connectivity index (χ2v) is 6.05. The van der Waals surface area contributed by atoms with Crippen LogP contribution in [0.25, 0.3) is 0 Å². The van der Waals surface area contributed by atoms with Crippen LogP contribution in [0.1, 0.15) is 30.9 Å². The number of carbonyl (C=O) groups is 2. The van der Waals surface area contributed by atoms with E-state index >= 15 is 0 Å². The van der Waals surface area contributed by atoms with Crippen LogP contribution in [-0.2, 0) is 4.79 Å². The molecule has 1 aliphatic heterocycles. The smallest absolute Gasteiger partial charge is 0.322 e. The SMILES string of the molecule is CN1C(=O)N[C@H](c2cccc(Br)c2)C2=C1CCCC2=O. The summed E-state index contributed by atoms with van der Waals surface area (Å²) in [5.74, 6) is 0.142. The fourth-order valence-corrected chi connectivity index (χ4v) is 3.29. The van der Waals surface area contributed by atoms with Crippen LogP contribution in [0.5, 0.6) is 0 Å². The van der Waals surface area contributed by atoms with Gasteiger partial charge in [-0.05, 0) is 30.5 Å². The monoisotopic (exact) mass is 334 g/mol. The van der Waals surface area contributed by atoms with Crippen molar-refractivity contribution in [2.75, 3.05) is 7.05 Å². The van der Waals surface area contributed by atoms with Gasteiger partial charge in [0.1, 0.15) is 0 Å². The molecule has 0 bridgehead atoms. The highest BCUT2D eigenvalue weighted by Crippen LogP contribution is 2.36. The standard InChI is InChI=1S/C15H15BrN2O2/c1-18-11-6-3-7-12(19)13(11)14(17-15(18)20)9-4-2-5-10(16)8-9/h2,4-5,8,14H,3,6-7H2,1H3,(H,17,20)/t14-/m1/s1. The van der Waals surface area contributed by atoms with E-state index in [9.17, 15) is 9.59 Å². The second-order valence-electron chi connectivity index (χ2n) is 5.13. The van der Waals surface area contributed by atoms with Gasteiger partial charge in [0.2, 0.25) is 0 Å². The molecular formula is C15H15BrN2O2. The molecule has 0 radical (unpaired) electrons. The number of carbonyl (C=O) groups excluding carboxylic acids is 2. The lowest BCUT2D eigenvalue weighted by Gasteiger charge is -2.37. The van der Waals surface area contributed by atoms with Crippen molar-refractivity contribution in [3.63, 3.8) is 0 Å². The summed E-state index contributed by atoms with van der Waals surface area (Å²) >= 11 is 3.43. The molecule has 3 rings (SSSR count). The third-order valence-corrected chi connectivity index (χ3v) is 4.37. The number of hydrogen-bond donors (Lipinski definition) is 1. The van der Waals surface area contributed by atoms with Gasteiger partial charge in [0.25, 0.3) is 0 Å². The van der Waals surface area contributed by atoms with Gasteiger partial charge in [-0.15, -0.1) is 0 Å². The summed E-state index contributed by atoms with van der Waals surface area (Å²) in [5.41, 5.74) is 2.55. The first-order chi connectivity index (χ1) is 9.58. The zero-order valence-corrected chi connectivity index (χ0v) is 12.7. The van der Waals surface area contributed by atoms with Gasteiger partial charge in [-0.25, -0.2) is 4.79 Å². The number of rotatable bonds is 1. The molecule has 104 valence electrons. The van der Waals surface area contributed by atoms with Crippen molar-refractivity contribution >= 4 is 27.7 Å². The Kier molecular flexibility index (Phi) is 3.38. The van der Waals surface area contributed by atoms with Crippen LogP contribution in [0.15, 0.2) is 40.0 Å². The Morgan fingerprint density at radius 1 is 1.30 bits per heavy atom. The predicted octanol–water partition coefficient (Wildman–Crippen LogP) is 3.15. The molecule has 1 aromatic carbocycles. The zero-order chi connectivity index (χ0) is 14.3.